The van der Waals surface area contributed by atoms with E-state index in [0.717, 1.165) is 23.7 Å². The molecule has 4 bridgehead atoms. The van der Waals surface area contributed by atoms with Crippen LogP contribution in [0.4, 0.5) is 4.79 Å². The third kappa shape index (κ3) is 1.72. The molecule has 0 unspecified atom stereocenters. The molecule has 4 rings (SSSR count). The van der Waals surface area contributed by atoms with Crippen molar-refractivity contribution in [3.63, 3.8) is 0 Å². The van der Waals surface area contributed by atoms with Crippen LogP contribution in [0.3, 0.4) is 0 Å². The van der Waals surface area contributed by atoms with Gasteiger partial charge >= 0.3 is 6.09 Å². The van der Waals surface area contributed by atoms with Crippen molar-refractivity contribution < 1.29 is 9.53 Å². The summed E-state index contributed by atoms with van der Waals surface area (Å²) in [7, 11) is 0. The van der Waals surface area contributed by atoms with E-state index in [0.29, 0.717) is 6.61 Å². The normalized spacial score (nSPS) is 39.9. The third-order valence-electron chi connectivity index (χ3n) is 4.63. The van der Waals surface area contributed by atoms with Gasteiger partial charge in [0.05, 0.1) is 0 Å². The molecular formula is C13H19NO2. The first kappa shape index (κ1) is 10.2. The zero-order valence-corrected chi connectivity index (χ0v) is 9.52. The van der Waals surface area contributed by atoms with Crippen LogP contribution in [0.5, 0.6) is 0 Å². The number of hydrogen-bond donors (Lipinski definition) is 1. The van der Waals surface area contributed by atoms with Gasteiger partial charge in [-0.05, 0) is 61.9 Å². The highest BCUT2D eigenvalue weighted by Gasteiger charge is 2.44. The van der Waals surface area contributed by atoms with Crippen LogP contribution in [-0.2, 0) is 4.74 Å². The van der Waals surface area contributed by atoms with Crippen LogP contribution in [0.15, 0.2) is 11.6 Å². The predicted molar refractivity (Wildman–Crippen MR) is 60.7 cm³/mol. The lowest BCUT2D eigenvalue weighted by Gasteiger charge is -2.51. The van der Waals surface area contributed by atoms with Gasteiger partial charge < -0.3 is 10.5 Å². The maximum Gasteiger partial charge on any atom is 0.404 e. The molecule has 0 aliphatic heterocycles. The number of primary amides is 1. The standard InChI is InChI=1S/C13H19NO2/c14-13(15)16-2-1-12-10-4-8-3-9(6-10)7-11(12)5-8/h1,8-11H,2-7H2,(H2,14,15). The van der Waals surface area contributed by atoms with Gasteiger partial charge in [0.1, 0.15) is 6.61 Å². The van der Waals surface area contributed by atoms with Crippen LogP contribution in [0, 0.1) is 23.7 Å². The van der Waals surface area contributed by atoms with Crippen molar-refractivity contribution in [1.82, 2.24) is 0 Å². The summed E-state index contributed by atoms with van der Waals surface area (Å²) in [6.07, 6.45) is 8.41. The van der Waals surface area contributed by atoms with Gasteiger partial charge in [-0.2, -0.15) is 0 Å². The first-order valence-electron chi connectivity index (χ1n) is 6.34. The largest absolute Gasteiger partial charge is 0.445 e. The quantitative estimate of drug-likeness (QED) is 0.728. The van der Waals surface area contributed by atoms with E-state index in [2.05, 4.69) is 6.08 Å². The Morgan fingerprint density at radius 2 is 1.75 bits per heavy atom. The maximum atomic E-state index is 10.5. The van der Waals surface area contributed by atoms with Gasteiger partial charge in [-0.15, -0.1) is 0 Å². The minimum atomic E-state index is -0.666. The number of carbonyl (C=O) groups is 1. The van der Waals surface area contributed by atoms with E-state index < -0.39 is 6.09 Å². The monoisotopic (exact) mass is 221 g/mol. The summed E-state index contributed by atoms with van der Waals surface area (Å²) in [5.41, 5.74) is 6.53. The molecule has 16 heavy (non-hydrogen) atoms. The lowest BCUT2D eigenvalue weighted by molar-refractivity contribution is 0.0683. The molecule has 4 fully saturated rings. The summed E-state index contributed by atoms with van der Waals surface area (Å²) in [6.45, 7) is 0.368. The van der Waals surface area contributed by atoms with Crippen LogP contribution in [0.2, 0.25) is 0 Å². The highest BCUT2D eigenvalue weighted by molar-refractivity contribution is 5.64. The van der Waals surface area contributed by atoms with E-state index in [1.807, 2.05) is 0 Å². The van der Waals surface area contributed by atoms with E-state index in [1.165, 1.54) is 32.1 Å². The van der Waals surface area contributed by atoms with Crippen molar-refractivity contribution in [2.24, 2.45) is 29.4 Å². The Kier molecular flexibility index (Phi) is 2.41. The molecule has 0 saturated heterocycles. The van der Waals surface area contributed by atoms with Gasteiger partial charge in [0, 0.05) is 0 Å². The Morgan fingerprint density at radius 3 is 2.25 bits per heavy atom. The lowest BCUT2D eigenvalue weighted by Crippen LogP contribution is -2.40. The number of rotatable bonds is 2. The van der Waals surface area contributed by atoms with Crippen molar-refractivity contribution in [1.29, 1.82) is 0 Å². The van der Waals surface area contributed by atoms with Gasteiger partial charge in [0.15, 0.2) is 0 Å². The molecule has 0 atom stereocenters. The van der Waals surface area contributed by atoms with E-state index in [1.54, 1.807) is 5.57 Å². The smallest absolute Gasteiger partial charge is 0.404 e. The van der Waals surface area contributed by atoms with Gasteiger partial charge in [-0.1, -0.05) is 5.57 Å². The molecule has 4 saturated carbocycles. The Balaban J connectivity index is 1.69. The van der Waals surface area contributed by atoms with Crippen molar-refractivity contribution in [2.75, 3.05) is 6.61 Å². The van der Waals surface area contributed by atoms with Gasteiger partial charge in [0.2, 0.25) is 0 Å². The molecular weight excluding hydrogens is 202 g/mol. The van der Waals surface area contributed by atoms with E-state index >= 15 is 0 Å². The minimum absolute atomic E-state index is 0.368. The molecule has 0 aromatic carbocycles. The van der Waals surface area contributed by atoms with Gasteiger partial charge in [0.25, 0.3) is 0 Å². The molecule has 2 N–H and O–H groups in total. The second-order valence-electron chi connectivity index (χ2n) is 5.64. The van der Waals surface area contributed by atoms with Crippen LogP contribution >= 0.6 is 0 Å². The highest BCUT2D eigenvalue weighted by Crippen LogP contribution is 2.56. The number of allylic oxidation sites excluding steroid dienone is 1. The Morgan fingerprint density at radius 1 is 1.19 bits per heavy atom. The summed E-state index contributed by atoms with van der Waals surface area (Å²) in [5, 5.41) is 0. The molecule has 0 radical (unpaired) electrons. The molecule has 0 spiro atoms. The van der Waals surface area contributed by atoms with Crippen molar-refractivity contribution in [2.45, 2.75) is 32.1 Å². The maximum absolute atomic E-state index is 10.5. The fourth-order valence-electron chi connectivity index (χ4n) is 4.28. The lowest BCUT2D eigenvalue weighted by atomic mass is 9.54. The molecule has 3 nitrogen and oxygen atoms in total. The average molecular weight is 221 g/mol. The van der Waals surface area contributed by atoms with E-state index in [-0.39, 0.29) is 0 Å². The zero-order valence-electron chi connectivity index (χ0n) is 9.52. The number of amides is 1. The van der Waals surface area contributed by atoms with Crippen LogP contribution < -0.4 is 5.73 Å². The van der Waals surface area contributed by atoms with Crippen LogP contribution in [0.25, 0.3) is 0 Å². The number of ether oxygens (including phenoxy) is 1. The first-order chi connectivity index (χ1) is 7.72. The van der Waals surface area contributed by atoms with Gasteiger partial charge in [-0.25, -0.2) is 4.79 Å². The number of nitrogens with two attached hydrogens (primary N) is 1. The summed E-state index contributed by atoms with van der Waals surface area (Å²) in [6, 6.07) is 0. The fraction of sp³-hybridized carbons (Fsp3) is 0.769. The van der Waals surface area contributed by atoms with Crippen LogP contribution in [0.1, 0.15) is 32.1 Å². The molecule has 3 heteroatoms. The molecule has 0 heterocycles. The molecule has 1 amide bonds. The molecule has 4 aliphatic carbocycles. The molecule has 4 aliphatic rings. The topological polar surface area (TPSA) is 52.3 Å². The molecule has 0 aromatic rings. The Hall–Kier alpha value is -0.990. The molecule has 0 aromatic heterocycles. The number of carbonyl (C=O) groups excluding carboxylic acids is 1. The van der Waals surface area contributed by atoms with E-state index in [4.69, 9.17) is 10.5 Å². The first-order valence-corrected chi connectivity index (χ1v) is 6.34. The third-order valence-corrected chi connectivity index (χ3v) is 4.63. The predicted octanol–water partition coefficient (Wildman–Crippen LogP) is 2.46. The van der Waals surface area contributed by atoms with Gasteiger partial charge in [-0.3, -0.25) is 0 Å². The Bertz CT molecular complexity index is 305. The molecule has 88 valence electrons. The second-order valence-corrected chi connectivity index (χ2v) is 5.64. The fourth-order valence-corrected chi connectivity index (χ4v) is 4.28. The Labute approximate surface area is 96.0 Å². The summed E-state index contributed by atoms with van der Waals surface area (Å²) < 4.78 is 4.81. The summed E-state index contributed by atoms with van der Waals surface area (Å²) >= 11 is 0. The van der Waals surface area contributed by atoms with Crippen molar-refractivity contribution >= 4 is 6.09 Å². The summed E-state index contributed by atoms with van der Waals surface area (Å²) in [5.74, 6) is 3.54. The van der Waals surface area contributed by atoms with Crippen LogP contribution in [-0.4, -0.2) is 12.7 Å². The minimum Gasteiger partial charge on any atom is -0.445 e. The van der Waals surface area contributed by atoms with E-state index in [9.17, 15) is 4.79 Å². The average Bonchev–Trinajstić information content (AvgIpc) is 2.20. The second kappa shape index (κ2) is 3.79. The number of hydrogen-bond acceptors (Lipinski definition) is 2. The SMILES string of the molecule is NC(=O)OCC=C1C2CC3CC(C2)CC1C3. The zero-order chi connectivity index (χ0) is 11.1. The van der Waals surface area contributed by atoms with Crippen molar-refractivity contribution in [3.05, 3.63) is 11.6 Å². The van der Waals surface area contributed by atoms with Crippen molar-refractivity contribution in [3.8, 4) is 0 Å². The summed E-state index contributed by atoms with van der Waals surface area (Å²) in [4.78, 5) is 10.5. The highest BCUT2D eigenvalue weighted by atomic mass is 16.5.